The fourth-order valence-electron chi connectivity index (χ4n) is 1.56. The van der Waals surface area contributed by atoms with Crippen LogP contribution in [0.5, 0.6) is 5.75 Å². The molecule has 0 aliphatic heterocycles. The minimum atomic E-state index is -3.73. The van der Waals surface area contributed by atoms with Gasteiger partial charge in [-0.3, -0.25) is 0 Å². The second-order valence-electron chi connectivity index (χ2n) is 4.11. The molecular formula is C14H12F2N2O3S. The van der Waals surface area contributed by atoms with Gasteiger partial charge in [-0.05, 0) is 42.0 Å². The standard InChI is InChI=1S/C14H12F2N2O3S/c15-14(16)21-12-8-6-11(7-9-12)10-17-18-22(19,20)13-4-2-1-3-5-13/h1-10,14,18H. The maximum Gasteiger partial charge on any atom is 0.387 e. The molecular weight excluding hydrogens is 314 g/mol. The van der Waals surface area contributed by atoms with Gasteiger partial charge >= 0.3 is 6.61 Å². The third-order valence-electron chi connectivity index (χ3n) is 2.55. The van der Waals surface area contributed by atoms with Gasteiger partial charge in [-0.2, -0.15) is 22.3 Å². The molecule has 5 nitrogen and oxygen atoms in total. The van der Waals surface area contributed by atoms with Crippen molar-refractivity contribution < 1.29 is 21.9 Å². The molecule has 0 spiro atoms. The number of nitrogens with zero attached hydrogens (tertiary/aromatic N) is 1. The number of rotatable bonds is 6. The lowest BCUT2D eigenvalue weighted by atomic mass is 10.2. The highest BCUT2D eigenvalue weighted by Crippen LogP contribution is 2.14. The fraction of sp³-hybridized carbons (Fsp3) is 0.0714. The Morgan fingerprint density at radius 1 is 1.05 bits per heavy atom. The Kier molecular flexibility index (Phi) is 5.05. The number of hydrazone groups is 1. The van der Waals surface area contributed by atoms with Crippen molar-refractivity contribution in [2.45, 2.75) is 11.5 Å². The summed E-state index contributed by atoms with van der Waals surface area (Å²) in [5.74, 6) is 0.0111. The van der Waals surface area contributed by atoms with Crippen LogP contribution < -0.4 is 9.57 Å². The Balaban J connectivity index is 2.00. The largest absolute Gasteiger partial charge is 0.435 e. The second kappa shape index (κ2) is 6.99. The summed E-state index contributed by atoms with van der Waals surface area (Å²) < 4.78 is 51.9. The Morgan fingerprint density at radius 3 is 2.27 bits per heavy atom. The van der Waals surface area contributed by atoms with Crippen LogP contribution in [0.3, 0.4) is 0 Å². The second-order valence-corrected chi connectivity index (χ2v) is 5.77. The number of benzene rings is 2. The lowest BCUT2D eigenvalue weighted by Crippen LogP contribution is -2.18. The van der Waals surface area contributed by atoms with Crippen molar-refractivity contribution in [1.29, 1.82) is 0 Å². The van der Waals surface area contributed by atoms with E-state index < -0.39 is 16.6 Å². The van der Waals surface area contributed by atoms with Crippen molar-refractivity contribution in [3.63, 3.8) is 0 Å². The topological polar surface area (TPSA) is 67.8 Å². The molecule has 0 bridgehead atoms. The number of hydrogen-bond acceptors (Lipinski definition) is 4. The maximum atomic E-state index is 12.0. The first-order chi connectivity index (χ1) is 10.5. The smallest absolute Gasteiger partial charge is 0.387 e. The van der Waals surface area contributed by atoms with Crippen LogP contribution in [0.15, 0.2) is 64.6 Å². The SMILES string of the molecule is O=S(=O)(NN=Cc1ccc(OC(F)F)cc1)c1ccccc1. The number of nitrogens with one attached hydrogen (secondary N) is 1. The average molecular weight is 326 g/mol. The summed E-state index contributed by atoms with van der Waals surface area (Å²) in [6.45, 7) is -2.89. The average Bonchev–Trinajstić information content (AvgIpc) is 2.49. The minimum absolute atomic E-state index is 0.0111. The molecule has 22 heavy (non-hydrogen) atoms. The number of ether oxygens (including phenoxy) is 1. The van der Waals surface area contributed by atoms with E-state index in [2.05, 4.69) is 14.7 Å². The highest BCUT2D eigenvalue weighted by atomic mass is 32.2. The molecule has 0 saturated carbocycles. The summed E-state index contributed by atoms with van der Waals surface area (Å²) in [4.78, 5) is 2.15. The quantitative estimate of drug-likeness (QED) is 0.655. The molecule has 116 valence electrons. The molecule has 0 heterocycles. The van der Waals surface area contributed by atoms with Crippen molar-refractivity contribution in [2.24, 2.45) is 5.10 Å². The molecule has 0 saturated heterocycles. The molecule has 2 aromatic carbocycles. The number of hydrogen-bond donors (Lipinski definition) is 1. The van der Waals surface area contributed by atoms with Crippen LogP contribution in [0.25, 0.3) is 0 Å². The van der Waals surface area contributed by atoms with Crippen molar-refractivity contribution in [3.8, 4) is 5.75 Å². The first kappa shape index (κ1) is 15.9. The van der Waals surface area contributed by atoms with Crippen LogP contribution in [0.1, 0.15) is 5.56 Å². The van der Waals surface area contributed by atoms with Gasteiger partial charge in [-0.15, -0.1) is 0 Å². The zero-order valence-electron chi connectivity index (χ0n) is 11.2. The van der Waals surface area contributed by atoms with Crippen molar-refractivity contribution in [2.75, 3.05) is 0 Å². The van der Waals surface area contributed by atoms with Gasteiger partial charge in [0.1, 0.15) is 5.75 Å². The predicted molar refractivity (Wildman–Crippen MR) is 77.4 cm³/mol. The van der Waals surface area contributed by atoms with Crippen LogP contribution >= 0.6 is 0 Å². The molecule has 0 aromatic heterocycles. The van der Waals surface area contributed by atoms with Gasteiger partial charge in [0.25, 0.3) is 10.0 Å². The molecule has 2 rings (SSSR count). The van der Waals surface area contributed by atoms with E-state index >= 15 is 0 Å². The van der Waals surface area contributed by atoms with Gasteiger partial charge in [-0.25, -0.2) is 4.83 Å². The summed E-state index contributed by atoms with van der Waals surface area (Å²) in [6.07, 6.45) is 1.26. The number of alkyl halides is 2. The number of halogens is 2. The third kappa shape index (κ3) is 4.52. The summed E-state index contributed by atoms with van der Waals surface area (Å²) in [7, 11) is -3.73. The molecule has 0 unspecified atom stereocenters. The molecule has 0 radical (unpaired) electrons. The van der Waals surface area contributed by atoms with Crippen LogP contribution in [0.4, 0.5) is 8.78 Å². The van der Waals surface area contributed by atoms with Crippen LogP contribution in [-0.2, 0) is 10.0 Å². The molecule has 0 aliphatic carbocycles. The lowest BCUT2D eigenvalue weighted by Gasteiger charge is -2.04. The van der Waals surface area contributed by atoms with Gasteiger partial charge in [0, 0.05) is 0 Å². The van der Waals surface area contributed by atoms with Crippen molar-refractivity contribution in [1.82, 2.24) is 4.83 Å². The summed E-state index contributed by atoms with van der Waals surface area (Å²) in [5, 5.41) is 3.63. The maximum absolute atomic E-state index is 12.0. The molecule has 0 atom stereocenters. The minimum Gasteiger partial charge on any atom is -0.435 e. The third-order valence-corrected chi connectivity index (χ3v) is 3.78. The molecule has 2 aromatic rings. The highest BCUT2D eigenvalue weighted by molar-refractivity contribution is 7.89. The monoisotopic (exact) mass is 326 g/mol. The van der Waals surface area contributed by atoms with Gasteiger partial charge in [0.15, 0.2) is 0 Å². The summed E-state index contributed by atoms with van der Waals surface area (Å²) in [5.41, 5.74) is 0.525. The van der Waals surface area contributed by atoms with Crippen LogP contribution in [0, 0.1) is 0 Å². The lowest BCUT2D eigenvalue weighted by molar-refractivity contribution is -0.0498. The zero-order chi connectivity index (χ0) is 16.0. The Hall–Kier alpha value is -2.48. The van der Waals surface area contributed by atoms with E-state index in [0.29, 0.717) is 5.56 Å². The van der Waals surface area contributed by atoms with Crippen molar-refractivity contribution >= 4 is 16.2 Å². The molecule has 0 aliphatic rings. The van der Waals surface area contributed by atoms with Gasteiger partial charge in [0.05, 0.1) is 11.1 Å². The molecule has 1 N–H and O–H groups in total. The zero-order valence-corrected chi connectivity index (χ0v) is 12.0. The molecule has 0 fully saturated rings. The Morgan fingerprint density at radius 2 is 1.68 bits per heavy atom. The normalized spacial score (nSPS) is 11.8. The van der Waals surface area contributed by atoms with Gasteiger partial charge < -0.3 is 4.74 Å². The summed E-state index contributed by atoms with van der Waals surface area (Å²) in [6, 6.07) is 13.4. The Bertz CT molecular complexity index is 732. The van der Waals surface area contributed by atoms with E-state index in [4.69, 9.17) is 0 Å². The van der Waals surface area contributed by atoms with E-state index in [9.17, 15) is 17.2 Å². The van der Waals surface area contributed by atoms with E-state index in [1.54, 1.807) is 18.2 Å². The first-order valence-corrected chi connectivity index (χ1v) is 7.60. The van der Waals surface area contributed by atoms with E-state index in [-0.39, 0.29) is 10.6 Å². The predicted octanol–water partition coefficient (Wildman–Crippen LogP) is 2.60. The number of sulfonamides is 1. The Labute approximate surface area is 126 Å². The summed E-state index contributed by atoms with van der Waals surface area (Å²) >= 11 is 0. The van der Waals surface area contributed by atoms with Crippen LogP contribution in [0.2, 0.25) is 0 Å². The van der Waals surface area contributed by atoms with Gasteiger partial charge in [-0.1, -0.05) is 18.2 Å². The highest BCUT2D eigenvalue weighted by Gasteiger charge is 2.11. The molecule has 0 amide bonds. The fourth-order valence-corrected chi connectivity index (χ4v) is 2.37. The first-order valence-electron chi connectivity index (χ1n) is 6.12. The van der Waals surface area contributed by atoms with E-state index in [1.807, 2.05) is 0 Å². The van der Waals surface area contributed by atoms with Gasteiger partial charge in [0.2, 0.25) is 0 Å². The van der Waals surface area contributed by atoms with Crippen molar-refractivity contribution in [3.05, 3.63) is 60.2 Å². The van der Waals surface area contributed by atoms with E-state index in [0.717, 1.165) is 0 Å². The molecule has 8 heteroatoms. The van der Waals surface area contributed by atoms with Crippen LogP contribution in [-0.4, -0.2) is 21.2 Å². The van der Waals surface area contributed by atoms with E-state index in [1.165, 1.54) is 42.6 Å².